The molecule has 0 saturated heterocycles. The summed E-state index contributed by atoms with van der Waals surface area (Å²) in [5.74, 6) is 0.346. The van der Waals surface area contributed by atoms with E-state index in [0.717, 1.165) is 0 Å². The molecule has 0 unspecified atom stereocenters. The van der Waals surface area contributed by atoms with E-state index in [1.54, 1.807) is 0 Å². The smallest absolute Gasteiger partial charge is 0.0273 e. The van der Waals surface area contributed by atoms with Crippen LogP contribution in [0.4, 0.5) is 0 Å². The van der Waals surface area contributed by atoms with Crippen LogP contribution in [0.1, 0.15) is 11.1 Å². The lowest BCUT2D eigenvalue weighted by molar-refractivity contribution is 1.02. The molecule has 0 fully saturated rings. The van der Waals surface area contributed by atoms with Gasteiger partial charge in [-0.3, -0.25) is 0 Å². The fourth-order valence-corrected chi connectivity index (χ4v) is 3.09. The summed E-state index contributed by atoms with van der Waals surface area (Å²) in [4.78, 5) is 0. The lowest BCUT2D eigenvalue weighted by Crippen LogP contribution is -2.09. The molecule has 0 heteroatoms. The Morgan fingerprint density at radius 1 is 0.947 bits per heavy atom. The highest BCUT2D eigenvalue weighted by Crippen LogP contribution is 2.41. The van der Waals surface area contributed by atoms with Crippen molar-refractivity contribution >= 4 is 22.4 Å². The van der Waals surface area contributed by atoms with Gasteiger partial charge in [0.25, 0.3) is 0 Å². The van der Waals surface area contributed by atoms with E-state index in [9.17, 15) is 0 Å². The summed E-state index contributed by atoms with van der Waals surface area (Å²) < 4.78 is 0. The molecule has 2 aromatic carbocycles. The van der Waals surface area contributed by atoms with Crippen molar-refractivity contribution in [1.82, 2.24) is 0 Å². The molecule has 90 valence electrons. The largest absolute Gasteiger partial charge is 0.0949 e. The molecule has 0 saturated carbocycles. The van der Waals surface area contributed by atoms with Crippen molar-refractivity contribution in [2.24, 2.45) is 5.92 Å². The van der Waals surface area contributed by atoms with E-state index < -0.39 is 0 Å². The molecule has 0 radical (unpaired) electrons. The Balaban J connectivity index is 2.05. The van der Waals surface area contributed by atoms with Crippen LogP contribution in [0.3, 0.4) is 0 Å². The van der Waals surface area contributed by atoms with E-state index >= 15 is 0 Å². The standard InChI is InChI=1S/C19H14/c1-13-5-4-8-17-15(13)11-12-18-16-7-3-2-6-14(16)9-10-19(17)18/h2-12,15H,1H2/t15-/m0/s1. The van der Waals surface area contributed by atoms with Crippen molar-refractivity contribution in [3.05, 3.63) is 84.0 Å². The molecule has 19 heavy (non-hydrogen) atoms. The minimum atomic E-state index is 0.346. The molecule has 1 atom stereocenters. The van der Waals surface area contributed by atoms with Crippen LogP contribution in [0.25, 0.3) is 22.4 Å². The molecule has 0 N–H and O–H groups in total. The molecule has 0 bridgehead atoms. The van der Waals surface area contributed by atoms with E-state index in [0.29, 0.717) is 5.92 Å². The first kappa shape index (κ1) is 10.6. The summed E-state index contributed by atoms with van der Waals surface area (Å²) in [5.41, 5.74) is 5.23. The van der Waals surface area contributed by atoms with Crippen molar-refractivity contribution in [2.45, 2.75) is 0 Å². The predicted octanol–water partition coefficient (Wildman–Crippen LogP) is 4.99. The molecule has 2 aliphatic rings. The maximum atomic E-state index is 4.15. The zero-order valence-electron chi connectivity index (χ0n) is 10.6. The molecular formula is C19H14. The lowest BCUT2D eigenvalue weighted by Gasteiger charge is -2.26. The average Bonchev–Trinajstić information content (AvgIpc) is 2.47. The van der Waals surface area contributed by atoms with Crippen LogP contribution in [-0.4, -0.2) is 0 Å². The van der Waals surface area contributed by atoms with Crippen LogP contribution in [0.5, 0.6) is 0 Å². The van der Waals surface area contributed by atoms with Gasteiger partial charge in [0, 0.05) is 5.92 Å². The summed E-state index contributed by atoms with van der Waals surface area (Å²) in [6.45, 7) is 4.15. The van der Waals surface area contributed by atoms with Crippen LogP contribution in [-0.2, 0) is 0 Å². The highest BCUT2D eigenvalue weighted by Gasteiger charge is 2.23. The van der Waals surface area contributed by atoms with E-state index in [1.807, 2.05) is 0 Å². The summed E-state index contributed by atoms with van der Waals surface area (Å²) in [6, 6.07) is 13.0. The van der Waals surface area contributed by atoms with E-state index in [1.165, 1.54) is 33.0 Å². The van der Waals surface area contributed by atoms with Crippen molar-refractivity contribution in [3.8, 4) is 0 Å². The van der Waals surface area contributed by atoms with Gasteiger partial charge in [-0.1, -0.05) is 73.4 Å². The number of allylic oxidation sites excluding steroid dienone is 6. The second-order valence-corrected chi connectivity index (χ2v) is 5.14. The molecule has 2 aromatic rings. The number of hydrogen-bond acceptors (Lipinski definition) is 0. The van der Waals surface area contributed by atoms with Crippen LogP contribution in [0.2, 0.25) is 0 Å². The number of fused-ring (bicyclic) bond motifs is 5. The molecular weight excluding hydrogens is 228 g/mol. The van der Waals surface area contributed by atoms with Gasteiger partial charge in [-0.15, -0.1) is 0 Å². The Labute approximate surface area is 113 Å². The Bertz CT molecular complexity index is 785. The number of hydrogen-bond donors (Lipinski definition) is 0. The third kappa shape index (κ3) is 1.47. The van der Waals surface area contributed by atoms with Crippen LogP contribution < -0.4 is 0 Å². The van der Waals surface area contributed by atoms with Gasteiger partial charge in [-0.2, -0.15) is 0 Å². The summed E-state index contributed by atoms with van der Waals surface area (Å²) >= 11 is 0. The van der Waals surface area contributed by atoms with Gasteiger partial charge in [-0.05, 0) is 33.0 Å². The van der Waals surface area contributed by atoms with E-state index in [2.05, 4.69) is 73.4 Å². The Morgan fingerprint density at radius 3 is 2.79 bits per heavy atom. The maximum absolute atomic E-state index is 4.15. The monoisotopic (exact) mass is 242 g/mol. The molecule has 2 aliphatic carbocycles. The highest BCUT2D eigenvalue weighted by molar-refractivity contribution is 5.98. The Hall–Kier alpha value is -2.34. The first-order chi connectivity index (χ1) is 9.34. The molecule has 0 nitrogen and oxygen atoms in total. The molecule has 0 aromatic heterocycles. The maximum Gasteiger partial charge on any atom is 0.0273 e. The molecule has 0 spiro atoms. The lowest BCUT2D eigenvalue weighted by atomic mass is 9.77. The fourth-order valence-electron chi connectivity index (χ4n) is 3.09. The fraction of sp³-hybridized carbons (Fsp3) is 0.0526. The van der Waals surface area contributed by atoms with Gasteiger partial charge in [0.15, 0.2) is 0 Å². The van der Waals surface area contributed by atoms with E-state index in [-0.39, 0.29) is 0 Å². The average molecular weight is 242 g/mol. The molecule has 0 aliphatic heterocycles. The number of benzene rings is 2. The van der Waals surface area contributed by atoms with E-state index in [4.69, 9.17) is 0 Å². The zero-order valence-corrected chi connectivity index (χ0v) is 10.6. The van der Waals surface area contributed by atoms with Gasteiger partial charge in [0.2, 0.25) is 0 Å². The first-order valence-electron chi connectivity index (χ1n) is 6.62. The summed E-state index contributed by atoms with van der Waals surface area (Å²) in [6.07, 6.45) is 10.9. The topological polar surface area (TPSA) is 0 Å². The minimum absolute atomic E-state index is 0.346. The van der Waals surface area contributed by atoms with Gasteiger partial charge >= 0.3 is 0 Å². The van der Waals surface area contributed by atoms with Gasteiger partial charge in [0.1, 0.15) is 0 Å². The second-order valence-electron chi connectivity index (χ2n) is 5.14. The number of rotatable bonds is 0. The minimum Gasteiger partial charge on any atom is -0.0949 e. The first-order valence-corrected chi connectivity index (χ1v) is 6.62. The normalized spacial score (nSPS) is 20.1. The van der Waals surface area contributed by atoms with Gasteiger partial charge < -0.3 is 0 Å². The Kier molecular flexibility index (Phi) is 2.13. The van der Waals surface area contributed by atoms with Gasteiger partial charge in [-0.25, -0.2) is 0 Å². The predicted molar refractivity (Wildman–Crippen MR) is 82.7 cm³/mol. The van der Waals surface area contributed by atoms with Crippen LogP contribution >= 0.6 is 0 Å². The van der Waals surface area contributed by atoms with Crippen LogP contribution in [0, 0.1) is 5.92 Å². The van der Waals surface area contributed by atoms with Crippen molar-refractivity contribution in [3.63, 3.8) is 0 Å². The summed E-state index contributed by atoms with van der Waals surface area (Å²) in [7, 11) is 0. The highest BCUT2D eigenvalue weighted by atomic mass is 14.3. The van der Waals surface area contributed by atoms with Crippen molar-refractivity contribution < 1.29 is 0 Å². The zero-order chi connectivity index (χ0) is 12.8. The quantitative estimate of drug-likeness (QED) is 0.610. The molecule has 0 amide bonds. The van der Waals surface area contributed by atoms with Crippen molar-refractivity contribution in [1.29, 1.82) is 0 Å². The van der Waals surface area contributed by atoms with Crippen LogP contribution in [0.15, 0.2) is 72.9 Å². The van der Waals surface area contributed by atoms with Crippen molar-refractivity contribution in [2.75, 3.05) is 0 Å². The third-order valence-electron chi connectivity index (χ3n) is 4.06. The third-order valence-corrected chi connectivity index (χ3v) is 4.06. The molecule has 0 heterocycles. The SMILES string of the molecule is C=C1C=CC=C2c3ccc4ccccc4c3C=C[C@@H]12. The molecule has 4 rings (SSSR count). The Morgan fingerprint density at radius 2 is 1.84 bits per heavy atom. The van der Waals surface area contributed by atoms with Gasteiger partial charge in [0.05, 0.1) is 0 Å². The second kappa shape index (κ2) is 3.83. The summed E-state index contributed by atoms with van der Waals surface area (Å²) in [5, 5.41) is 2.63.